The molecule has 0 radical (unpaired) electrons. The summed E-state index contributed by atoms with van der Waals surface area (Å²) in [6.45, 7) is 3.42. The zero-order valence-electron chi connectivity index (χ0n) is 11.0. The van der Waals surface area contributed by atoms with Crippen LogP contribution in [0.15, 0.2) is 0 Å². The summed E-state index contributed by atoms with van der Waals surface area (Å²) in [7, 11) is 0. The van der Waals surface area contributed by atoms with Crippen molar-refractivity contribution in [2.75, 3.05) is 11.9 Å². The van der Waals surface area contributed by atoms with Crippen LogP contribution in [0.4, 0.5) is 5.00 Å². The maximum Gasteiger partial charge on any atom is 0.341 e. The first-order valence-corrected chi connectivity index (χ1v) is 7.14. The predicted octanol–water partition coefficient (Wildman–Crippen LogP) is 2.25. The van der Waals surface area contributed by atoms with E-state index in [9.17, 15) is 14.7 Å². The Morgan fingerprint density at radius 3 is 2.89 bits per heavy atom. The molecule has 0 saturated heterocycles. The van der Waals surface area contributed by atoms with Gasteiger partial charge in [0.05, 0.1) is 18.3 Å². The number of nitrogens with one attached hydrogen (secondary N) is 1. The van der Waals surface area contributed by atoms with Gasteiger partial charge in [-0.15, -0.1) is 11.3 Å². The molecule has 0 spiro atoms. The van der Waals surface area contributed by atoms with Gasteiger partial charge in [-0.3, -0.25) is 4.79 Å². The van der Waals surface area contributed by atoms with Gasteiger partial charge in [0.1, 0.15) is 5.00 Å². The molecule has 1 heterocycles. The van der Waals surface area contributed by atoms with E-state index < -0.39 is 12.1 Å². The molecule has 1 atom stereocenters. The Kier molecular flexibility index (Phi) is 4.21. The smallest absolute Gasteiger partial charge is 0.341 e. The number of rotatable bonds is 3. The summed E-state index contributed by atoms with van der Waals surface area (Å²) >= 11 is 1.27. The van der Waals surface area contributed by atoms with Crippen LogP contribution in [0.1, 0.15) is 53.6 Å². The van der Waals surface area contributed by atoms with Crippen LogP contribution >= 0.6 is 11.3 Å². The molecule has 6 heteroatoms. The second-order valence-electron chi connectivity index (χ2n) is 4.46. The molecule has 1 aromatic rings. The maximum absolute atomic E-state index is 12.0. The van der Waals surface area contributed by atoms with Gasteiger partial charge in [0.15, 0.2) is 0 Å². The van der Waals surface area contributed by atoms with E-state index in [2.05, 4.69) is 5.32 Å². The lowest BCUT2D eigenvalue weighted by atomic mass is 9.93. The van der Waals surface area contributed by atoms with Gasteiger partial charge in [0, 0.05) is 11.8 Å². The van der Waals surface area contributed by atoms with Crippen LogP contribution in [0.2, 0.25) is 0 Å². The maximum atomic E-state index is 12.0. The molecule has 1 aromatic heterocycles. The first kappa shape index (κ1) is 14.0. The third-order valence-corrected chi connectivity index (χ3v) is 4.26. The van der Waals surface area contributed by atoms with E-state index in [1.54, 1.807) is 6.92 Å². The van der Waals surface area contributed by atoms with Crippen molar-refractivity contribution >= 4 is 28.2 Å². The fourth-order valence-corrected chi connectivity index (χ4v) is 3.57. The number of aliphatic hydroxyl groups is 1. The highest BCUT2D eigenvalue weighted by atomic mass is 32.1. The van der Waals surface area contributed by atoms with Crippen molar-refractivity contribution in [1.29, 1.82) is 0 Å². The zero-order valence-corrected chi connectivity index (χ0v) is 11.8. The van der Waals surface area contributed by atoms with Gasteiger partial charge in [-0.1, -0.05) is 0 Å². The van der Waals surface area contributed by atoms with Crippen LogP contribution in [-0.4, -0.2) is 23.6 Å². The van der Waals surface area contributed by atoms with Crippen LogP contribution in [0.5, 0.6) is 0 Å². The van der Waals surface area contributed by atoms with Crippen LogP contribution in [0, 0.1) is 0 Å². The molecule has 0 fully saturated rings. The van der Waals surface area contributed by atoms with Crippen molar-refractivity contribution in [1.82, 2.24) is 0 Å². The topological polar surface area (TPSA) is 75.6 Å². The second kappa shape index (κ2) is 5.71. The first-order chi connectivity index (χ1) is 9.04. The Hall–Kier alpha value is -1.40. The molecule has 0 aliphatic heterocycles. The number of anilines is 1. The molecule has 0 bridgehead atoms. The monoisotopic (exact) mass is 283 g/mol. The highest BCUT2D eigenvalue weighted by Gasteiger charge is 2.30. The van der Waals surface area contributed by atoms with Crippen LogP contribution in [0.25, 0.3) is 0 Å². The molecule has 104 valence electrons. The number of hydrogen-bond acceptors (Lipinski definition) is 5. The van der Waals surface area contributed by atoms with Crippen molar-refractivity contribution < 1.29 is 19.4 Å². The van der Waals surface area contributed by atoms with Gasteiger partial charge in [-0.25, -0.2) is 4.79 Å². The normalized spacial score (nSPS) is 17.7. The standard InChI is InChI=1S/C13H17NO4S/c1-3-18-13(17)10-8-5-4-6-9(16)11(8)19-12(10)14-7(2)15/h9,16H,3-6H2,1-2H3,(H,14,15)/t9-/m0/s1. The molecule has 5 nitrogen and oxygen atoms in total. The number of hydrogen-bond donors (Lipinski definition) is 2. The van der Waals surface area contributed by atoms with E-state index in [4.69, 9.17) is 4.74 Å². The summed E-state index contributed by atoms with van der Waals surface area (Å²) in [5.41, 5.74) is 1.24. The summed E-state index contributed by atoms with van der Waals surface area (Å²) < 4.78 is 5.04. The Labute approximate surface area is 115 Å². The number of thiophene rings is 1. The van der Waals surface area contributed by atoms with Crippen molar-refractivity contribution in [2.45, 2.75) is 39.2 Å². The van der Waals surface area contributed by atoms with E-state index in [1.807, 2.05) is 0 Å². The summed E-state index contributed by atoms with van der Waals surface area (Å²) in [5.74, 6) is -0.670. The lowest BCUT2D eigenvalue weighted by Gasteiger charge is -2.17. The molecule has 2 rings (SSSR count). The third kappa shape index (κ3) is 2.79. The summed E-state index contributed by atoms with van der Waals surface area (Å²) in [6, 6.07) is 0. The van der Waals surface area contributed by atoms with Gasteiger partial charge in [-0.05, 0) is 31.7 Å². The Bertz CT molecular complexity index is 509. The third-order valence-electron chi connectivity index (χ3n) is 3.01. The Morgan fingerprint density at radius 1 is 1.53 bits per heavy atom. The van der Waals surface area contributed by atoms with E-state index in [1.165, 1.54) is 18.3 Å². The largest absolute Gasteiger partial charge is 0.462 e. The molecule has 0 saturated carbocycles. The fourth-order valence-electron chi connectivity index (χ4n) is 2.27. The van der Waals surface area contributed by atoms with Crippen molar-refractivity contribution in [2.24, 2.45) is 0 Å². The molecular formula is C13H17NO4S. The molecule has 19 heavy (non-hydrogen) atoms. The molecule has 1 amide bonds. The average molecular weight is 283 g/mol. The average Bonchev–Trinajstić information content (AvgIpc) is 2.68. The molecule has 0 aromatic carbocycles. The van der Waals surface area contributed by atoms with E-state index in [0.29, 0.717) is 17.0 Å². The quantitative estimate of drug-likeness (QED) is 0.834. The fraction of sp³-hybridized carbons (Fsp3) is 0.538. The first-order valence-electron chi connectivity index (χ1n) is 6.33. The van der Waals surface area contributed by atoms with Crippen LogP contribution in [-0.2, 0) is 16.0 Å². The Balaban J connectivity index is 2.47. The minimum atomic E-state index is -0.551. The van der Waals surface area contributed by atoms with E-state index in [-0.39, 0.29) is 12.5 Å². The van der Waals surface area contributed by atoms with Crippen LogP contribution in [0.3, 0.4) is 0 Å². The van der Waals surface area contributed by atoms with Crippen molar-refractivity contribution in [3.63, 3.8) is 0 Å². The number of carbonyl (C=O) groups is 2. The van der Waals surface area contributed by atoms with Gasteiger partial charge in [-0.2, -0.15) is 0 Å². The molecule has 0 unspecified atom stereocenters. The summed E-state index contributed by atoms with van der Waals surface area (Å²) in [6.07, 6.45) is 1.70. The number of carbonyl (C=O) groups excluding carboxylic acids is 2. The van der Waals surface area contributed by atoms with Gasteiger partial charge >= 0.3 is 5.97 Å². The number of fused-ring (bicyclic) bond motifs is 1. The summed E-state index contributed by atoms with van der Waals surface area (Å²) in [4.78, 5) is 24.0. The van der Waals surface area contributed by atoms with Gasteiger partial charge < -0.3 is 15.2 Å². The molecule has 1 aliphatic rings. The Morgan fingerprint density at radius 2 is 2.26 bits per heavy atom. The van der Waals surface area contributed by atoms with Crippen molar-refractivity contribution in [3.05, 3.63) is 16.0 Å². The van der Waals surface area contributed by atoms with Gasteiger partial charge in [0.25, 0.3) is 0 Å². The lowest BCUT2D eigenvalue weighted by Crippen LogP contribution is -2.14. The minimum Gasteiger partial charge on any atom is -0.462 e. The molecular weight excluding hydrogens is 266 g/mol. The molecule has 2 N–H and O–H groups in total. The highest BCUT2D eigenvalue weighted by molar-refractivity contribution is 7.17. The number of amides is 1. The highest BCUT2D eigenvalue weighted by Crippen LogP contribution is 2.42. The number of aliphatic hydroxyl groups excluding tert-OH is 1. The SMILES string of the molecule is CCOC(=O)c1c(NC(C)=O)sc2c1CCC[C@@H]2O. The van der Waals surface area contributed by atoms with Crippen LogP contribution < -0.4 is 5.32 Å². The molecule has 1 aliphatic carbocycles. The van der Waals surface area contributed by atoms with Gasteiger partial charge in [0.2, 0.25) is 5.91 Å². The zero-order chi connectivity index (χ0) is 14.0. The minimum absolute atomic E-state index is 0.237. The second-order valence-corrected chi connectivity index (χ2v) is 5.51. The lowest BCUT2D eigenvalue weighted by molar-refractivity contribution is -0.114. The number of esters is 1. The number of ether oxygens (including phenoxy) is 1. The van der Waals surface area contributed by atoms with Crippen molar-refractivity contribution in [3.8, 4) is 0 Å². The predicted molar refractivity (Wildman–Crippen MR) is 72.5 cm³/mol. The van der Waals surface area contributed by atoms with E-state index in [0.717, 1.165) is 23.3 Å². The van der Waals surface area contributed by atoms with E-state index >= 15 is 0 Å². The summed E-state index contributed by atoms with van der Waals surface area (Å²) in [5, 5.41) is 13.1.